The fourth-order valence-electron chi connectivity index (χ4n) is 2.36. The summed E-state index contributed by atoms with van der Waals surface area (Å²) in [7, 11) is -2.83. The molecule has 156 valence electrons. The van der Waals surface area contributed by atoms with Crippen molar-refractivity contribution in [2.45, 2.75) is 18.2 Å². The molecule has 0 radical (unpaired) electrons. The van der Waals surface area contributed by atoms with Gasteiger partial charge in [-0.2, -0.15) is 0 Å². The van der Waals surface area contributed by atoms with Gasteiger partial charge in [-0.15, -0.1) is 0 Å². The van der Waals surface area contributed by atoms with Crippen LogP contribution in [0.4, 0.5) is 4.79 Å². The first-order valence-electron chi connectivity index (χ1n) is 9.03. The van der Waals surface area contributed by atoms with Crippen molar-refractivity contribution in [1.29, 1.82) is 0 Å². The van der Waals surface area contributed by atoms with E-state index in [-0.39, 0.29) is 24.0 Å². The number of nitrogens with zero attached hydrogens (tertiary/aromatic N) is 1. The zero-order valence-corrected chi connectivity index (χ0v) is 17.1. The van der Waals surface area contributed by atoms with Crippen LogP contribution in [0, 0.1) is 0 Å². The van der Waals surface area contributed by atoms with Gasteiger partial charge in [0.1, 0.15) is 5.75 Å². The van der Waals surface area contributed by atoms with Crippen molar-refractivity contribution in [2.75, 3.05) is 26.8 Å². The van der Waals surface area contributed by atoms with E-state index in [1.807, 2.05) is 18.2 Å². The zero-order chi connectivity index (χ0) is 21.3. The Kier molecular flexibility index (Phi) is 8.02. The summed E-state index contributed by atoms with van der Waals surface area (Å²) in [5.74, 6) is 0.372. The maximum Gasteiger partial charge on any atom is 0.423 e. The SMILES string of the molecule is CCOC(=O)N(C)S(=O)(=O)c1ccc(CCNC(=O)COc2ccccc2)cc1. The van der Waals surface area contributed by atoms with Crippen molar-refractivity contribution in [3.8, 4) is 5.75 Å². The molecule has 2 aromatic carbocycles. The third-order valence-electron chi connectivity index (χ3n) is 3.96. The van der Waals surface area contributed by atoms with Gasteiger partial charge in [0.25, 0.3) is 15.9 Å². The second kappa shape index (κ2) is 10.5. The van der Waals surface area contributed by atoms with Crippen molar-refractivity contribution in [2.24, 2.45) is 0 Å². The van der Waals surface area contributed by atoms with Crippen molar-refractivity contribution < 1.29 is 27.5 Å². The van der Waals surface area contributed by atoms with Crippen molar-refractivity contribution in [3.05, 3.63) is 60.2 Å². The van der Waals surface area contributed by atoms with E-state index in [4.69, 9.17) is 9.47 Å². The third-order valence-corrected chi connectivity index (χ3v) is 5.69. The first-order chi connectivity index (χ1) is 13.8. The number of hydrogen-bond donors (Lipinski definition) is 1. The molecule has 0 aliphatic heterocycles. The van der Waals surface area contributed by atoms with Gasteiger partial charge in [-0.05, 0) is 43.2 Å². The third kappa shape index (κ3) is 6.49. The van der Waals surface area contributed by atoms with E-state index in [0.29, 0.717) is 23.0 Å². The van der Waals surface area contributed by atoms with Gasteiger partial charge in [0.05, 0.1) is 11.5 Å². The summed E-state index contributed by atoms with van der Waals surface area (Å²) in [6.07, 6.45) is -0.414. The average Bonchev–Trinajstić information content (AvgIpc) is 2.73. The lowest BCUT2D eigenvalue weighted by Crippen LogP contribution is -2.33. The van der Waals surface area contributed by atoms with E-state index in [9.17, 15) is 18.0 Å². The van der Waals surface area contributed by atoms with E-state index >= 15 is 0 Å². The largest absolute Gasteiger partial charge is 0.484 e. The highest BCUT2D eigenvalue weighted by Gasteiger charge is 2.26. The van der Waals surface area contributed by atoms with Gasteiger partial charge in [0.15, 0.2) is 6.61 Å². The number of amides is 2. The molecule has 0 saturated heterocycles. The Bertz CT molecular complexity index is 914. The van der Waals surface area contributed by atoms with Gasteiger partial charge in [-0.1, -0.05) is 30.3 Å². The highest BCUT2D eigenvalue weighted by molar-refractivity contribution is 7.89. The summed E-state index contributed by atoms with van der Waals surface area (Å²) in [5, 5.41) is 2.74. The van der Waals surface area contributed by atoms with E-state index in [2.05, 4.69) is 5.32 Å². The molecule has 2 aromatic rings. The van der Waals surface area contributed by atoms with Crippen molar-refractivity contribution in [3.63, 3.8) is 0 Å². The number of benzene rings is 2. The Labute approximate surface area is 170 Å². The molecule has 0 aromatic heterocycles. The number of carbonyl (C=O) groups excluding carboxylic acids is 2. The second-order valence-corrected chi connectivity index (χ2v) is 7.99. The monoisotopic (exact) mass is 420 g/mol. The van der Waals surface area contributed by atoms with E-state index < -0.39 is 16.1 Å². The molecular formula is C20H24N2O6S. The Hall–Kier alpha value is -3.07. The topological polar surface area (TPSA) is 102 Å². The number of carbonyl (C=O) groups is 2. The lowest BCUT2D eigenvalue weighted by atomic mass is 10.1. The number of para-hydroxylation sites is 1. The maximum atomic E-state index is 12.4. The van der Waals surface area contributed by atoms with Gasteiger partial charge in [-0.25, -0.2) is 17.5 Å². The van der Waals surface area contributed by atoms with Crippen LogP contribution in [0.2, 0.25) is 0 Å². The molecule has 0 spiro atoms. The Balaban J connectivity index is 1.83. The Morgan fingerprint density at radius 3 is 2.31 bits per heavy atom. The van der Waals surface area contributed by atoms with Gasteiger partial charge < -0.3 is 14.8 Å². The molecule has 29 heavy (non-hydrogen) atoms. The second-order valence-electron chi connectivity index (χ2n) is 6.02. The molecule has 0 atom stereocenters. The fourth-order valence-corrected chi connectivity index (χ4v) is 3.41. The lowest BCUT2D eigenvalue weighted by molar-refractivity contribution is -0.123. The summed E-state index contributed by atoms with van der Waals surface area (Å²) in [4.78, 5) is 23.5. The molecule has 0 aliphatic carbocycles. The number of rotatable bonds is 9. The van der Waals surface area contributed by atoms with Crippen LogP contribution in [-0.4, -0.2) is 51.5 Å². The van der Waals surface area contributed by atoms with Crippen LogP contribution in [0.1, 0.15) is 12.5 Å². The van der Waals surface area contributed by atoms with Crippen LogP contribution in [0.3, 0.4) is 0 Å². The van der Waals surface area contributed by atoms with Gasteiger partial charge in [0, 0.05) is 13.6 Å². The molecule has 1 N–H and O–H groups in total. The van der Waals surface area contributed by atoms with Crippen molar-refractivity contribution in [1.82, 2.24) is 9.62 Å². The Morgan fingerprint density at radius 1 is 1.03 bits per heavy atom. The zero-order valence-electron chi connectivity index (χ0n) is 16.3. The highest BCUT2D eigenvalue weighted by Crippen LogP contribution is 2.16. The van der Waals surface area contributed by atoms with Crippen LogP contribution in [0.25, 0.3) is 0 Å². The molecule has 0 fully saturated rings. The molecule has 0 saturated carbocycles. The smallest absolute Gasteiger partial charge is 0.423 e. The van der Waals surface area contributed by atoms with Crippen LogP contribution < -0.4 is 10.1 Å². The lowest BCUT2D eigenvalue weighted by Gasteiger charge is -2.17. The molecule has 0 unspecified atom stereocenters. The molecule has 2 rings (SSSR count). The summed E-state index contributed by atoms with van der Waals surface area (Å²) in [5.41, 5.74) is 0.840. The Morgan fingerprint density at radius 2 is 1.69 bits per heavy atom. The molecule has 0 bridgehead atoms. The summed E-state index contributed by atoms with van der Waals surface area (Å²) >= 11 is 0. The maximum absolute atomic E-state index is 12.4. The summed E-state index contributed by atoms with van der Waals surface area (Å²) in [6, 6.07) is 15.1. The molecule has 8 nitrogen and oxygen atoms in total. The minimum Gasteiger partial charge on any atom is -0.484 e. The molecule has 2 amide bonds. The first-order valence-corrected chi connectivity index (χ1v) is 10.5. The summed E-state index contributed by atoms with van der Waals surface area (Å²) < 4.78 is 35.5. The number of nitrogens with one attached hydrogen (secondary N) is 1. The van der Waals surface area contributed by atoms with Gasteiger partial charge >= 0.3 is 6.09 Å². The molecule has 0 heterocycles. The number of ether oxygens (including phenoxy) is 2. The number of sulfonamides is 1. The highest BCUT2D eigenvalue weighted by atomic mass is 32.2. The fraction of sp³-hybridized carbons (Fsp3) is 0.300. The van der Waals surface area contributed by atoms with Crippen LogP contribution in [-0.2, 0) is 26.0 Å². The van der Waals surface area contributed by atoms with E-state index in [1.165, 1.54) is 12.1 Å². The predicted octanol–water partition coefficient (Wildman–Crippen LogP) is 2.20. The summed E-state index contributed by atoms with van der Waals surface area (Å²) in [6.45, 7) is 1.98. The average molecular weight is 420 g/mol. The predicted molar refractivity (Wildman–Crippen MR) is 107 cm³/mol. The molecule has 0 aliphatic rings. The van der Waals surface area contributed by atoms with Crippen LogP contribution in [0.15, 0.2) is 59.5 Å². The van der Waals surface area contributed by atoms with Gasteiger partial charge in [-0.3, -0.25) is 4.79 Å². The molecular weight excluding hydrogens is 396 g/mol. The van der Waals surface area contributed by atoms with Crippen LogP contribution in [0.5, 0.6) is 5.75 Å². The van der Waals surface area contributed by atoms with Gasteiger partial charge in [0.2, 0.25) is 0 Å². The minimum absolute atomic E-state index is 0.0166. The van der Waals surface area contributed by atoms with Crippen molar-refractivity contribution >= 4 is 22.0 Å². The van der Waals surface area contributed by atoms with E-state index in [1.54, 1.807) is 31.2 Å². The molecule has 9 heteroatoms. The first kappa shape index (κ1) is 22.2. The quantitative estimate of drug-likeness (QED) is 0.667. The minimum atomic E-state index is -3.97. The number of hydrogen-bond acceptors (Lipinski definition) is 6. The normalized spacial score (nSPS) is 10.8. The standard InChI is InChI=1S/C20H24N2O6S/c1-3-27-20(24)22(2)29(25,26)18-11-9-16(10-12-18)13-14-21-19(23)15-28-17-7-5-4-6-8-17/h4-12H,3,13-15H2,1-2H3,(H,21,23). The van der Waals surface area contributed by atoms with E-state index in [0.717, 1.165) is 12.6 Å². The van der Waals surface area contributed by atoms with Crippen LogP contribution >= 0.6 is 0 Å².